The predicted octanol–water partition coefficient (Wildman–Crippen LogP) is -0.483. The van der Waals surface area contributed by atoms with Crippen molar-refractivity contribution in [2.75, 3.05) is 6.61 Å². The lowest BCUT2D eigenvalue weighted by Crippen LogP contribution is -2.20. The van der Waals surface area contributed by atoms with Crippen LogP contribution in [0.15, 0.2) is 0 Å². The molecule has 0 spiro atoms. The van der Waals surface area contributed by atoms with Crippen LogP contribution in [0.4, 0.5) is 0 Å². The topological polar surface area (TPSA) is 53.0 Å². The molecule has 1 saturated carbocycles. The number of ether oxygens (including phenoxy) is 1. The Labute approximate surface area is 59.6 Å². The number of aliphatic hydroxyl groups excluding tert-OH is 2. The van der Waals surface area contributed by atoms with Gasteiger partial charge in [0.1, 0.15) is 0 Å². The molecule has 0 aromatic carbocycles. The van der Waals surface area contributed by atoms with E-state index in [1.54, 1.807) is 0 Å². The lowest BCUT2D eigenvalue weighted by molar-refractivity contribution is 0.0605. The van der Waals surface area contributed by atoms with Crippen molar-refractivity contribution >= 4 is 0 Å². The van der Waals surface area contributed by atoms with Crippen molar-refractivity contribution in [3.05, 3.63) is 0 Å². The molecule has 4 unspecified atom stereocenters. The molecule has 2 N–H and O–H groups in total. The third kappa shape index (κ3) is 0.856. The number of aliphatic hydroxyl groups is 2. The first-order valence-corrected chi connectivity index (χ1v) is 3.77. The number of rotatable bonds is 2. The van der Waals surface area contributed by atoms with Crippen LogP contribution >= 0.6 is 0 Å². The van der Waals surface area contributed by atoms with E-state index in [-0.39, 0.29) is 24.7 Å². The van der Waals surface area contributed by atoms with E-state index in [1.807, 2.05) is 0 Å². The van der Waals surface area contributed by atoms with Crippen LogP contribution in [0.1, 0.15) is 12.8 Å². The first kappa shape index (κ1) is 6.58. The molecule has 0 radical (unpaired) electrons. The summed E-state index contributed by atoms with van der Waals surface area (Å²) in [5.74, 6) is 0.204. The van der Waals surface area contributed by atoms with Gasteiger partial charge in [-0.25, -0.2) is 0 Å². The number of hydrogen-bond donors (Lipinski definition) is 2. The summed E-state index contributed by atoms with van der Waals surface area (Å²) in [5, 5.41) is 17.9. The Morgan fingerprint density at radius 2 is 2.30 bits per heavy atom. The zero-order chi connectivity index (χ0) is 7.14. The molecule has 2 aliphatic rings. The normalized spacial score (nSPS) is 51.0. The summed E-state index contributed by atoms with van der Waals surface area (Å²) in [6.45, 7) is 0.161. The Hall–Kier alpha value is -0.120. The Kier molecular flexibility index (Phi) is 1.44. The Bertz CT molecular complexity index is 135. The first-order valence-electron chi connectivity index (χ1n) is 3.77. The quantitative estimate of drug-likeness (QED) is 0.514. The second-order valence-electron chi connectivity index (χ2n) is 3.12. The van der Waals surface area contributed by atoms with E-state index in [0.29, 0.717) is 12.5 Å². The molecule has 0 aromatic rings. The van der Waals surface area contributed by atoms with Crippen LogP contribution in [0.5, 0.6) is 0 Å². The molecule has 0 aromatic heterocycles. The highest BCUT2D eigenvalue weighted by Crippen LogP contribution is 2.44. The Morgan fingerprint density at radius 1 is 1.50 bits per heavy atom. The second-order valence-corrected chi connectivity index (χ2v) is 3.12. The van der Waals surface area contributed by atoms with Gasteiger partial charge in [0.05, 0.1) is 18.3 Å². The van der Waals surface area contributed by atoms with Gasteiger partial charge in [-0.1, -0.05) is 0 Å². The van der Waals surface area contributed by atoms with Crippen molar-refractivity contribution in [2.24, 2.45) is 5.92 Å². The molecule has 0 amide bonds. The smallest absolute Gasteiger partial charge is 0.0896 e. The fourth-order valence-corrected chi connectivity index (χ4v) is 1.86. The molecule has 0 bridgehead atoms. The van der Waals surface area contributed by atoms with Crippen LogP contribution < -0.4 is 0 Å². The molecule has 3 heteroatoms. The average molecular weight is 144 g/mol. The summed E-state index contributed by atoms with van der Waals surface area (Å²) >= 11 is 0. The molecular formula is C7H12O3. The highest BCUT2D eigenvalue weighted by molar-refractivity contribution is 5.02. The molecule has 1 saturated heterocycles. The summed E-state index contributed by atoms with van der Waals surface area (Å²) in [6.07, 6.45) is 1.81. The second kappa shape index (κ2) is 2.19. The van der Waals surface area contributed by atoms with Gasteiger partial charge in [-0.3, -0.25) is 0 Å². The molecule has 1 aliphatic heterocycles. The first-order chi connectivity index (χ1) is 4.83. The van der Waals surface area contributed by atoms with Crippen molar-refractivity contribution < 1.29 is 14.9 Å². The maximum absolute atomic E-state index is 9.33. The largest absolute Gasteiger partial charge is 0.396 e. The van der Waals surface area contributed by atoms with Crippen molar-refractivity contribution in [3.8, 4) is 0 Å². The van der Waals surface area contributed by atoms with E-state index in [4.69, 9.17) is 9.84 Å². The van der Waals surface area contributed by atoms with Crippen molar-refractivity contribution in [3.63, 3.8) is 0 Å². The lowest BCUT2D eigenvalue weighted by atomic mass is 10.0. The third-order valence-corrected chi connectivity index (χ3v) is 2.47. The summed E-state index contributed by atoms with van der Waals surface area (Å²) in [7, 11) is 0. The van der Waals surface area contributed by atoms with Gasteiger partial charge < -0.3 is 14.9 Å². The van der Waals surface area contributed by atoms with Crippen LogP contribution in [-0.4, -0.2) is 35.1 Å². The predicted molar refractivity (Wildman–Crippen MR) is 34.5 cm³/mol. The highest BCUT2D eigenvalue weighted by Gasteiger charge is 2.54. The third-order valence-electron chi connectivity index (χ3n) is 2.47. The molecule has 3 nitrogen and oxygen atoms in total. The molecule has 2 rings (SSSR count). The molecule has 1 aliphatic carbocycles. The van der Waals surface area contributed by atoms with Gasteiger partial charge in [0.25, 0.3) is 0 Å². The lowest BCUT2D eigenvalue weighted by Gasteiger charge is -2.14. The van der Waals surface area contributed by atoms with Crippen LogP contribution in [0, 0.1) is 5.92 Å². The maximum atomic E-state index is 9.33. The van der Waals surface area contributed by atoms with Crippen LogP contribution in [0.25, 0.3) is 0 Å². The molecule has 2 fully saturated rings. The summed E-state index contributed by atoms with van der Waals surface area (Å²) in [4.78, 5) is 0. The minimum atomic E-state index is -0.226. The highest BCUT2D eigenvalue weighted by atomic mass is 16.6. The summed E-state index contributed by atoms with van der Waals surface area (Å²) in [6, 6.07) is 0. The van der Waals surface area contributed by atoms with E-state index in [1.165, 1.54) is 0 Å². The molecule has 4 atom stereocenters. The Balaban J connectivity index is 1.92. The fraction of sp³-hybridized carbons (Fsp3) is 1.00. The Morgan fingerprint density at radius 3 is 2.80 bits per heavy atom. The van der Waals surface area contributed by atoms with Crippen LogP contribution in [0.3, 0.4) is 0 Å². The summed E-state index contributed by atoms with van der Waals surface area (Å²) < 4.78 is 5.22. The van der Waals surface area contributed by atoms with Crippen molar-refractivity contribution in [2.45, 2.75) is 31.2 Å². The van der Waals surface area contributed by atoms with Gasteiger partial charge in [0.15, 0.2) is 0 Å². The van der Waals surface area contributed by atoms with E-state index in [0.717, 1.165) is 6.42 Å². The van der Waals surface area contributed by atoms with Crippen LogP contribution in [0.2, 0.25) is 0 Å². The van der Waals surface area contributed by atoms with E-state index >= 15 is 0 Å². The standard InChI is InChI=1S/C7H12O3/c8-2-1-4-5(9)3-6-7(4)10-6/h4-9H,1-3H2. The molecule has 1 heterocycles. The van der Waals surface area contributed by atoms with Gasteiger partial charge in [-0.05, 0) is 6.42 Å². The maximum Gasteiger partial charge on any atom is 0.0896 e. The zero-order valence-electron chi connectivity index (χ0n) is 5.73. The summed E-state index contributed by atoms with van der Waals surface area (Å²) in [5.41, 5.74) is 0. The average Bonchev–Trinajstić information content (AvgIpc) is 2.57. The molecule has 10 heavy (non-hydrogen) atoms. The van der Waals surface area contributed by atoms with Gasteiger partial charge >= 0.3 is 0 Å². The van der Waals surface area contributed by atoms with Crippen molar-refractivity contribution in [1.82, 2.24) is 0 Å². The number of hydrogen-bond acceptors (Lipinski definition) is 3. The van der Waals surface area contributed by atoms with Gasteiger partial charge in [0, 0.05) is 18.9 Å². The van der Waals surface area contributed by atoms with Crippen LogP contribution in [-0.2, 0) is 4.74 Å². The van der Waals surface area contributed by atoms with Gasteiger partial charge in [-0.2, -0.15) is 0 Å². The molecule has 58 valence electrons. The van der Waals surface area contributed by atoms with Gasteiger partial charge in [0.2, 0.25) is 0 Å². The minimum Gasteiger partial charge on any atom is -0.396 e. The van der Waals surface area contributed by atoms with E-state index in [9.17, 15) is 5.11 Å². The number of epoxide rings is 1. The SMILES string of the molecule is OCCC1C(O)CC2OC21. The number of fused-ring (bicyclic) bond motifs is 1. The molecular weight excluding hydrogens is 132 g/mol. The van der Waals surface area contributed by atoms with E-state index in [2.05, 4.69) is 0 Å². The van der Waals surface area contributed by atoms with Crippen molar-refractivity contribution in [1.29, 1.82) is 0 Å². The zero-order valence-corrected chi connectivity index (χ0v) is 5.73. The van der Waals surface area contributed by atoms with Gasteiger partial charge in [-0.15, -0.1) is 0 Å². The fourth-order valence-electron chi connectivity index (χ4n) is 1.86. The van der Waals surface area contributed by atoms with E-state index < -0.39 is 0 Å². The monoisotopic (exact) mass is 144 g/mol. The minimum absolute atomic E-state index is 0.161.